The first-order valence-corrected chi connectivity index (χ1v) is 11.7. The van der Waals surface area contributed by atoms with Gasteiger partial charge in [0, 0.05) is 45.1 Å². The smallest absolute Gasteiger partial charge is 0.246 e. The van der Waals surface area contributed by atoms with Crippen LogP contribution >= 0.6 is 23.2 Å². The van der Waals surface area contributed by atoms with Crippen molar-refractivity contribution in [3.8, 4) is 0 Å². The standard InChI is InChI=1S/C23H32Cl2N3O2/c1-28(15-3-2-4-16-28)17-5-11-26-13-14-27(12-10-23(26)30)22(29)9-7-19-6-8-20(24)21(25)18-19/h6-9,18H,2-5,10-17H2,1H3/q+1. The fraction of sp³-hybridized carbons (Fsp3) is 0.565. The van der Waals surface area contributed by atoms with Gasteiger partial charge in [-0.15, -0.1) is 0 Å². The first kappa shape index (κ1) is 23.1. The molecular weight excluding hydrogens is 421 g/mol. The van der Waals surface area contributed by atoms with Gasteiger partial charge >= 0.3 is 0 Å². The van der Waals surface area contributed by atoms with Crippen LogP contribution in [0.4, 0.5) is 0 Å². The number of hydrogen-bond acceptors (Lipinski definition) is 2. The number of hydrogen-bond donors (Lipinski definition) is 0. The maximum absolute atomic E-state index is 12.6. The van der Waals surface area contributed by atoms with E-state index in [2.05, 4.69) is 7.05 Å². The van der Waals surface area contributed by atoms with Crippen molar-refractivity contribution in [2.45, 2.75) is 32.1 Å². The molecule has 0 aromatic heterocycles. The highest BCUT2D eigenvalue weighted by Crippen LogP contribution is 2.23. The van der Waals surface area contributed by atoms with Gasteiger partial charge in [-0.3, -0.25) is 9.59 Å². The molecule has 0 N–H and O–H groups in total. The number of benzene rings is 1. The average molecular weight is 453 g/mol. The van der Waals surface area contributed by atoms with Crippen LogP contribution in [0.5, 0.6) is 0 Å². The van der Waals surface area contributed by atoms with E-state index in [9.17, 15) is 9.59 Å². The van der Waals surface area contributed by atoms with Crippen molar-refractivity contribution in [2.24, 2.45) is 0 Å². The molecule has 2 aliphatic rings. The number of piperidine rings is 1. The summed E-state index contributed by atoms with van der Waals surface area (Å²) in [5.74, 6) is 0.0714. The van der Waals surface area contributed by atoms with Gasteiger partial charge in [0.15, 0.2) is 0 Å². The van der Waals surface area contributed by atoms with E-state index < -0.39 is 0 Å². The number of nitrogens with zero attached hydrogens (tertiary/aromatic N) is 3. The highest BCUT2D eigenvalue weighted by molar-refractivity contribution is 6.42. The van der Waals surface area contributed by atoms with Gasteiger partial charge in [0.05, 0.1) is 36.7 Å². The van der Waals surface area contributed by atoms with Crippen molar-refractivity contribution in [1.29, 1.82) is 0 Å². The number of quaternary nitrogens is 1. The Balaban J connectivity index is 1.48. The molecule has 2 fully saturated rings. The average Bonchev–Trinajstić information content (AvgIpc) is 2.91. The summed E-state index contributed by atoms with van der Waals surface area (Å²) in [6.45, 7) is 6.06. The lowest BCUT2D eigenvalue weighted by molar-refractivity contribution is -0.914. The number of halogens is 2. The summed E-state index contributed by atoms with van der Waals surface area (Å²) < 4.78 is 1.13. The van der Waals surface area contributed by atoms with Gasteiger partial charge in [0.1, 0.15) is 0 Å². The van der Waals surface area contributed by atoms with E-state index in [0.717, 1.165) is 29.6 Å². The molecule has 1 aromatic carbocycles. The fourth-order valence-electron chi connectivity index (χ4n) is 4.36. The first-order chi connectivity index (χ1) is 14.4. The molecule has 0 bridgehead atoms. The number of amides is 2. The molecular formula is C23H32Cl2N3O2+. The van der Waals surface area contributed by atoms with Crippen molar-refractivity contribution in [3.05, 3.63) is 39.9 Å². The highest BCUT2D eigenvalue weighted by atomic mass is 35.5. The zero-order valence-corrected chi connectivity index (χ0v) is 19.3. The summed E-state index contributed by atoms with van der Waals surface area (Å²) in [6, 6.07) is 5.26. The zero-order valence-electron chi connectivity index (χ0n) is 17.8. The molecule has 2 aliphatic heterocycles. The second kappa shape index (κ2) is 10.7. The van der Waals surface area contributed by atoms with Crippen LogP contribution in [0.3, 0.4) is 0 Å². The van der Waals surface area contributed by atoms with Gasteiger partial charge < -0.3 is 14.3 Å². The molecule has 7 heteroatoms. The lowest BCUT2D eigenvalue weighted by Gasteiger charge is -2.38. The van der Waals surface area contributed by atoms with Crippen molar-refractivity contribution in [1.82, 2.24) is 9.80 Å². The van der Waals surface area contributed by atoms with E-state index in [4.69, 9.17) is 23.2 Å². The van der Waals surface area contributed by atoms with Crippen molar-refractivity contribution in [3.63, 3.8) is 0 Å². The Hall–Kier alpha value is -1.56. The second-order valence-corrected chi connectivity index (χ2v) is 9.48. The number of likely N-dealkylation sites (tertiary alicyclic amines) is 1. The number of carbonyl (C=O) groups excluding carboxylic acids is 2. The molecule has 0 aliphatic carbocycles. The normalized spacial score (nSPS) is 19.9. The fourth-order valence-corrected chi connectivity index (χ4v) is 4.66. The minimum Gasteiger partial charge on any atom is -0.341 e. The van der Waals surface area contributed by atoms with Gasteiger partial charge in [0.2, 0.25) is 11.8 Å². The predicted octanol–water partition coefficient (Wildman–Crippen LogP) is 4.09. The van der Waals surface area contributed by atoms with Crippen molar-refractivity contribution >= 4 is 41.1 Å². The van der Waals surface area contributed by atoms with Crippen molar-refractivity contribution in [2.75, 3.05) is 52.9 Å². The Morgan fingerprint density at radius 3 is 2.60 bits per heavy atom. The molecule has 5 nitrogen and oxygen atoms in total. The molecule has 1 aromatic rings. The van der Waals surface area contributed by atoms with Crippen LogP contribution in [0.25, 0.3) is 6.08 Å². The summed E-state index contributed by atoms with van der Waals surface area (Å²) in [5, 5.41) is 0.950. The van der Waals surface area contributed by atoms with E-state index in [-0.39, 0.29) is 11.8 Å². The van der Waals surface area contributed by atoms with E-state index in [1.54, 1.807) is 29.2 Å². The van der Waals surface area contributed by atoms with Crippen LogP contribution < -0.4 is 0 Å². The van der Waals surface area contributed by atoms with Crippen LogP contribution in [0.1, 0.15) is 37.7 Å². The van der Waals surface area contributed by atoms with E-state index >= 15 is 0 Å². The van der Waals surface area contributed by atoms with Crippen LogP contribution in [-0.2, 0) is 9.59 Å². The summed E-state index contributed by atoms with van der Waals surface area (Å²) >= 11 is 12.0. The van der Waals surface area contributed by atoms with Gasteiger partial charge in [0.25, 0.3) is 0 Å². The maximum atomic E-state index is 12.6. The van der Waals surface area contributed by atoms with E-state index in [1.807, 2.05) is 11.0 Å². The Kier molecular flexibility index (Phi) is 8.20. The van der Waals surface area contributed by atoms with Crippen LogP contribution in [0.15, 0.2) is 24.3 Å². The Bertz CT molecular complexity index is 791. The monoisotopic (exact) mass is 452 g/mol. The minimum atomic E-state index is -0.0814. The zero-order chi connectivity index (χ0) is 21.6. The lowest BCUT2D eigenvalue weighted by Crippen LogP contribution is -2.49. The van der Waals surface area contributed by atoms with Gasteiger partial charge in [-0.1, -0.05) is 29.3 Å². The van der Waals surface area contributed by atoms with Crippen LogP contribution in [-0.4, -0.2) is 79.0 Å². The van der Waals surface area contributed by atoms with Gasteiger partial charge in [-0.2, -0.15) is 0 Å². The van der Waals surface area contributed by atoms with E-state index in [1.165, 1.54) is 32.4 Å². The molecule has 0 saturated carbocycles. The van der Waals surface area contributed by atoms with Crippen molar-refractivity contribution < 1.29 is 14.1 Å². The third-order valence-corrected chi connectivity index (χ3v) is 7.02. The number of rotatable bonds is 6. The molecule has 2 saturated heterocycles. The Morgan fingerprint density at radius 2 is 1.87 bits per heavy atom. The maximum Gasteiger partial charge on any atom is 0.246 e. The van der Waals surface area contributed by atoms with Crippen LogP contribution in [0.2, 0.25) is 10.0 Å². The predicted molar refractivity (Wildman–Crippen MR) is 123 cm³/mol. The topological polar surface area (TPSA) is 40.6 Å². The molecule has 2 heterocycles. The van der Waals surface area contributed by atoms with Crippen LogP contribution in [0, 0.1) is 0 Å². The third-order valence-electron chi connectivity index (χ3n) is 6.28. The summed E-state index contributed by atoms with van der Waals surface area (Å²) in [5.41, 5.74) is 0.819. The molecule has 0 radical (unpaired) electrons. The third kappa shape index (κ3) is 6.47. The van der Waals surface area contributed by atoms with Gasteiger partial charge in [-0.05, 0) is 43.0 Å². The second-order valence-electron chi connectivity index (χ2n) is 8.67. The summed E-state index contributed by atoms with van der Waals surface area (Å²) in [6.07, 6.45) is 8.66. The minimum absolute atomic E-state index is 0.0814. The van der Waals surface area contributed by atoms with E-state index in [0.29, 0.717) is 36.1 Å². The Morgan fingerprint density at radius 1 is 1.10 bits per heavy atom. The number of carbonyl (C=O) groups is 2. The molecule has 30 heavy (non-hydrogen) atoms. The molecule has 0 spiro atoms. The lowest BCUT2D eigenvalue weighted by atomic mass is 10.1. The molecule has 3 rings (SSSR count). The van der Waals surface area contributed by atoms with Gasteiger partial charge in [-0.25, -0.2) is 0 Å². The Labute approximate surface area is 189 Å². The largest absolute Gasteiger partial charge is 0.341 e. The molecule has 0 unspecified atom stereocenters. The molecule has 2 amide bonds. The highest BCUT2D eigenvalue weighted by Gasteiger charge is 2.26. The summed E-state index contributed by atoms with van der Waals surface area (Å²) in [4.78, 5) is 28.8. The molecule has 0 atom stereocenters. The quantitative estimate of drug-likeness (QED) is 0.481. The SMILES string of the molecule is C[N+]1(CCCN2CCN(C(=O)C=Cc3ccc(Cl)c(Cl)c3)CCC2=O)CCCCC1. The first-order valence-electron chi connectivity index (χ1n) is 10.9. The molecule has 164 valence electrons. The summed E-state index contributed by atoms with van der Waals surface area (Å²) in [7, 11) is 2.34.